The standard InChI is InChI=1S/C17H22N6O3/c1-11-14(22-26-21-11)9-16(25)23-7-3-13(4-8-23)17-15(10-20-12(2)24)18-5-6-19-17/h5-6,13H,3-4,7-10H2,1-2H3,(H,20,24). The minimum absolute atomic E-state index is 0.0277. The number of hydrogen-bond acceptors (Lipinski definition) is 7. The summed E-state index contributed by atoms with van der Waals surface area (Å²) in [5.74, 6) is 0.159. The molecule has 2 aromatic rings. The Morgan fingerprint density at radius 3 is 2.58 bits per heavy atom. The predicted molar refractivity (Wildman–Crippen MR) is 90.8 cm³/mol. The number of carbonyl (C=O) groups is 2. The van der Waals surface area contributed by atoms with Crippen LogP contribution in [0.1, 0.15) is 48.5 Å². The van der Waals surface area contributed by atoms with Crippen LogP contribution < -0.4 is 5.32 Å². The van der Waals surface area contributed by atoms with E-state index in [2.05, 4.69) is 30.2 Å². The Labute approximate surface area is 151 Å². The van der Waals surface area contributed by atoms with Crippen molar-refractivity contribution in [1.82, 2.24) is 30.5 Å². The average Bonchev–Trinajstić information content (AvgIpc) is 3.05. The fourth-order valence-electron chi connectivity index (χ4n) is 3.13. The van der Waals surface area contributed by atoms with Crippen LogP contribution in [0.2, 0.25) is 0 Å². The molecular weight excluding hydrogens is 336 g/mol. The topological polar surface area (TPSA) is 114 Å². The molecule has 1 aliphatic rings. The lowest BCUT2D eigenvalue weighted by atomic mass is 9.91. The molecule has 2 amide bonds. The van der Waals surface area contributed by atoms with Crippen LogP contribution in [0, 0.1) is 6.92 Å². The van der Waals surface area contributed by atoms with E-state index in [1.165, 1.54) is 6.92 Å². The summed E-state index contributed by atoms with van der Waals surface area (Å²) in [6.45, 7) is 4.94. The van der Waals surface area contributed by atoms with Crippen LogP contribution in [-0.4, -0.2) is 50.1 Å². The van der Waals surface area contributed by atoms with E-state index in [9.17, 15) is 9.59 Å². The molecule has 0 aliphatic carbocycles. The molecule has 3 heterocycles. The quantitative estimate of drug-likeness (QED) is 0.839. The van der Waals surface area contributed by atoms with Gasteiger partial charge in [-0.15, -0.1) is 0 Å². The van der Waals surface area contributed by atoms with E-state index >= 15 is 0 Å². The van der Waals surface area contributed by atoms with Crippen LogP contribution in [0.5, 0.6) is 0 Å². The molecule has 0 spiro atoms. The van der Waals surface area contributed by atoms with Gasteiger partial charge in [0, 0.05) is 38.3 Å². The first kappa shape index (κ1) is 18.0. The van der Waals surface area contributed by atoms with Crippen molar-refractivity contribution in [2.24, 2.45) is 0 Å². The minimum atomic E-state index is -0.0975. The van der Waals surface area contributed by atoms with Gasteiger partial charge in [0.1, 0.15) is 11.4 Å². The highest BCUT2D eigenvalue weighted by Gasteiger charge is 2.27. The molecule has 1 saturated heterocycles. The third-order valence-electron chi connectivity index (χ3n) is 4.61. The van der Waals surface area contributed by atoms with Gasteiger partial charge in [-0.3, -0.25) is 19.6 Å². The number of piperidine rings is 1. The number of aryl methyl sites for hydroxylation is 1. The Hall–Kier alpha value is -2.84. The van der Waals surface area contributed by atoms with Gasteiger partial charge in [-0.1, -0.05) is 10.3 Å². The molecule has 0 radical (unpaired) electrons. The third kappa shape index (κ3) is 4.22. The van der Waals surface area contributed by atoms with Crippen LogP contribution in [0.15, 0.2) is 17.0 Å². The molecule has 1 fully saturated rings. The maximum atomic E-state index is 12.4. The summed E-state index contributed by atoms with van der Waals surface area (Å²) in [6, 6.07) is 0. The van der Waals surface area contributed by atoms with Crippen molar-refractivity contribution < 1.29 is 14.2 Å². The van der Waals surface area contributed by atoms with Crippen LogP contribution in [0.3, 0.4) is 0 Å². The van der Waals surface area contributed by atoms with Gasteiger partial charge in [-0.2, -0.15) is 0 Å². The van der Waals surface area contributed by atoms with E-state index in [4.69, 9.17) is 0 Å². The summed E-state index contributed by atoms with van der Waals surface area (Å²) in [5.41, 5.74) is 2.93. The second kappa shape index (κ2) is 8.03. The van der Waals surface area contributed by atoms with Gasteiger partial charge < -0.3 is 10.2 Å². The Morgan fingerprint density at radius 2 is 1.92 bits per heavy atom. The molecule has 3 rings (SSSR count). The number of aromatic nitrogens is 4. The van der Waals surface area contributed by atoms with E-state index in [0.717, 1.165) is 24.2 Å². The van der Waals surface area contributed by atoms with Crippen LogP contribution >= 0.6 is 0 Å². The number of amides is 2. The molecule has 0 unspecified atom stereocenters. The average molecular weight is 358 g/mol. The first-order chi connectivity index (χ1) is 12.5. The maximum Gasteiger partial charge on any atom is 0.228 e. The smallest absolute Gasteiger partial charge is 0.228 e. The molecule has 0 aromatic carbocycles. The molecule has 0 saturated carbocycles. The molecule has 1 N–H and O–H groups in total. The van der Waals surface area contributed by atoms with Crippen molar-refractivity contribution in [1.29, 1.82) is 0 Å². The summed E-state index contributed by atoms with van der Waals surface area (Å²) in [4.78, 5) is 34.3. The van der Waals surface area contributed by atoms with E-state index in [1.807, 2.05) is 4.90 Å². The molecule has 2 aromatic heterocycles. The van der Waals surface area contributed by atoms with Crippen molar-refractivity contribution >= 4 is 11.8 Å². The number of carbonyl (C=O) groups excluding carboxylic acids is 2. The summed E-state index contributed by atoms with van der Waals surface area (Å²) >= 11 is 0. The molecule has 9 nitrogen and oxygen atoms in total. The van der Waals surface area contributed by atoms with Gasteiger partial charge >= 0.3 is 0 Å². The van der Waals surface area contributed by atoms with Crippen molar-refractivity contribution in [2.75, 3.05) is 13.1 Å². The molecule has 26 heavy (non-hydrogen) atoms. The van der Waals surface area contributed by atoms with E-state index in [0.29, 0.717) is 31.0 Å². The van der Waals surface area contributed by atoms with Crippen molar-refractivity contribution in [2.45, 2.75) is 45.6 Å². The summed E-state index contributed by atoms with van der Waals surface area (Å²) in [6.07, 6.45) is 5.14. The monoisotopic (exact) mass is 358 g/mol. The normalized spacial score (nSPS) is 15.1. The van der Waals surface area contributed by atoms with Crippen LogP contribution in [-0.2, 0) is 22.6 Å². The number of nitrogens with one attached hydrogen (secondary N) is 1. The molecule has 1 aliphatic heterocycles. The number of nitrogens with zero attached hydrogens (tertiary/aromatic N) is 5. The van der Waals surface area contributed by atoms with Crippen LogP contribution in [0.25, 0.3) is 0 Å². The Morgan fingerprint density at radius 1 is 1.19 bits per heavy atom. The zero-order chi connectivity index (χ0) is 18.5. The SMILES string of the molecule is CC(=O)NCc1nccnc1C1CCN(C(=O)Cc2nonc2C)CC1. The lowest BCUT2D eigenvalue weighted by Crippen LogP contribution is -2.39. The zero-order valence-corrected chi connectivity index (χ0v) is 14.9. The Kier molecular flexibility index (Phi) is 5.55. The molecule has 0 bridgehead atoms. The highest BCUT2D eigenvalue weighted by Crippen LogP contribution is 2.28. The molecule has 138 valence electrons. The molecule has 0 atom stereocenters. The van der Waals surface area contributed by atoms with Crippen molar-refractivity contribution in [3.63, 3.8) is 0 Å². The van der Waals surface area contributed by atoms with Gasteiger partial charge in [-0.05, 0) is 19.8 Å². The predicted octanol–water partition coefficient (Wildman–Crippen LogP) is 0.753. The second-order valence-corrected chi connectivity index (χ2v) is 6.43. The Bertz CT molecular complexity index is 782. The van der Waals surface area contributed by atoms with E-state index < -0.39 is 0 Å². The third-order valence-corrected chi connectivity index (χ3v) is 4.61. The first-order valence-corrected chi connectivity index (χ1v) is 8.64. The van der Waals surface area contributed by atoms with Gasteiger partial charge in [0.15, 0.2) is 0 Å². The van der Waals surface area contributed by atoms with Gasteiger partial charge in [-0.25, -0.2) is 4.63 Å². The summed E-state index contributed by atoms with van der Waals surface area (Å²) in [5, 5.41) is 10.2. The first-order valence-electron chi connectivity index (χ1n) is 8.64. The number of likely N-dealkylation sites (tertiary alicyclic amines) is 1. The van der Waals surface area contributed by atoms with E-state index in [1.54, 1.807) is 19.3 Å². The number of rotatable bonds is 5. The highest BCUT2D eigenvalue weighted by atomic mass is 16.6. The van der Waals surface area contributed by atoms with Crippen molar-refractivity contribution in [3.8, 4) is 0 Å². The fourth-order valence-corrected chi connectivity index (χ4v) is 3.13. The largest absolute Gasteiger partial charge is 0.351 e. The van der Waals surface area contributed by atoms with Gasteiger partial charge in [0.25, 0.3) is 0 Å². The molecular formula is C17H22N6O3. The maximum absolute atomic E-state index is 12.4. The minimum Gasteiger partial charge on any atom is -0.351 e. The number of hydrogen-bond donors (Lipinski definition) is 1. The van der Waals surface area contributed by atoms with Crippen LogP contribution in [0.4, 0.5) is 0 Å². The highest BCUT2D eigenvalue weighted by molar-refractivity contribution is 5.78. The van der Waals surface area contributed by atoms with E-state index in [-0.39, 0.29) is 24.2 Å². The lowest BCUT2D eigenvalue weighted by Gasteiger charge is -2.32. The van der Waals surface area contributed by atoms with Gasteiger partial charge in [0.2, 0.25) is 11.8 Å². The second-order valence-electron chi connectivity index (χ2n) is 6.43. The molecule has 9 heteroatoms. The summed E-state index contributed by atoms with van der Waals surface area (Å²) < 4.78 is 4.65. The van der Waals surface area contributed by atoms with Gasteiger partial charge in [0.05, 0.1) is 24.4 Å². The zero-order valence-electron chi connectivity index (χ0n) is 14.9. The Balaban J connectivity index is 1.59. The fraction of sp³-hybridized carbons (Fsp3) is 0.529. The summed E-state index contributed by atoms with van der Waals surface area (Å²) in [7, 11) is 0. The lowest BCUT2D eigenvalue weighted by molar-refractivity contribution is -0.131. The van der Waals surface area contributed by atoms with Crippen molar-refractivity contribution in [3.05, 3.63) is 35.2 Å².